The largest absolute Gasteiger partial charge is 0.859 e. The van der Waals surface area contributed by atoms with E-state index in [1.165, 1.54) is 18.3 Å². The Morgan fingerprint density at radius 2 is 2.25 bits per heavy atom. The first-order valence-electron chi connectivity index (χ1n) is 2.07. The van der Waals surface area contributed by atoms with Crippen LogP contribution in [0.3, 0.4) is 0 Å². The molecular formula is C5H3ClNO-. The first-order chi connectivity index (χ1) is 3.79. The van der Waals surface area contributed by atoms with Crippen LogP contribution in [0, 0.1) is 0 Å². The van der Waals surface area contributed by atoms with Gasteiger partial charge in [0.1, 0.15) is 0 Å². The third-order valence-corrected chi connectivity index (χ3v) is 0.924. The second-order valence-electron chi connectivity index (χ2n) is 1.31. The Labute approximate surface area is 51.7 Å². The van der Waals surface area contributed by atoms with Gasteiger partial charge in [-0.15, -0.1) is 0 Å². The van der Waals surface area contributed by atoms with Gasteiger partial charge in [-0.3, -0.25) is 4.98 Å². The van der Waals surface area contributed by atoms with Gasteiger partial charge < -0.3 is 5.11 Å². The van der Waals surface area contributed by atoms with Crippen LogP contribution < -0.4 is 5.11 Å². The summed E-state index contributed by atoms with van der Waals surface area (Å²) in [4.78, 5) is 3.39. The fourth-order valence-electron chi connectivity index (χ4n) is 0.362. The molecule has 1 aromatic rings. The van der Waals surface area contributed by atoms with Crippen molar-refractivity contribution < 1.29 is 5.11 Å². The second kappa shape index (κ2) is 2.01. The highest BCUT2D eigenvalue weighted by Crippen LogP contribution is 2.06. The fraction of sp³-hybridized carbons (Fsp3) is 0. The number of halogens is 1. The molecule has 0 fully saturated rings. The molecule has 8 heavy (non-hydrogen) atoms. The summed E-state index contributed by atoms with van der Waals surface area (Å²) in [6.07, 6.45) is 1.32. The highest BCUT2D eigenvalue weighted by molar-refractivity contribution is 6.30. The molecule has 0 saturated carbocycles. The molecule has 1 heterocycles. The number of pyridine rings is 1. The molecule has 0 aliphatic heterocycles. The normalized spacial score (nSPS) is 9.12. The van der Waals surface area contributed by atoms with E-state index < -0.39 is 0 Å². The Morgan fingerprint density at radius 1 is 1.50 bits per heavy atom. The van der Waals surface area contributed by atoms with E-state index in [9.17, 15) is 5.11 Å². The van der Waals surface area contributed by atoms with Gasteiger partial charge in [0.15, 0.2) is 0 Å². The summed E-state index contributed by atoms with van der Waals surface area (Å²) in [5, 5.41) is 10.7. The number of aromatic nitrogens is 1. The van der Waals surface area contributed by atoms with Gasteiger partial charge in [0.2, 0.25) is 0 Å². The molecule has 0 atom stereocenters. The summed E-state index contributed by atoms with van der Waals surface area (Å²) < 4.78 is 0. The van der Waals surface area contributed by atoms with Crippen molar-refractivity contribution in [3.63, 3.8) is 0 Å². The third kappa shape index (κ3) is 1.10. The number of nitrogens with zero attached hydrogens (tertiary/aromatic N) is 1. The third-order valence-electron chi connectivity index (χ3n) is 0.700. The lowest BCUT2D eigenvalue weighted by atomic mass is 10.5. The van der Waals surface area contributed by atoms with Crippen molar-refractivity contribution in [2.24, 2.45) is 0 Å². The lowest BCUT2D eigenvalue weighted by molar-refractivity contribution is -0.274. The van der Waals surface area contributed by atoms with Crippen molar-refractivity contribution in [1.29, 1.82) is 0 Å². The Morgan fingerprint density at radius 3 is 2.62 bits per heavy atom. The topological polar surface area (TPSA) is 36.0 Å². The maximum absolute atomic E-state index is 10.3. The van der Waals surface area contributed by atoms with Crippen molar-refractivity contribution >= 4 is 11.6 Å². The fourth-order valence-corrected chi connectivity index (χ4v) is 0.474. The molecule has 42 valence electrons. The molecule has 1 aromatic heterocycles. The SMILES string of the molecule is [O-]c1ccc(Cl)cn1. The van der Waals surface area contributed by atoms with Crippen LogP contribution >= 0.6 is 11.6 Å². The van der Waals surface area contributed by atoms with Crippen molar-refractivity contribution in [2.45, 2.75) is 0 Å². The van der Waals surface area contributed by atoms with Gasteiger partial charge in [0.25, 0.3) is 0 Å². The summed E-state index contributed by atoms with van der Waals surface area (Å²) in [7, 11) is 0. The first-order valence-corrected chi connectivity index (χ1v) is 2.45. The van der Waals surface area contributed by atoms with Crippen LogP contribution in [0.4, 0.5) is 0 Å². The van der Waals surface area contributed by atoms with E-state index in [2.05, 4.69) is 4.98 Å². The first kappa shape index (κ1) is 5.38. The molecule has 0 aliphatic rings. The monoisotopic (exact) mass is 128 g/mol. The molecule has 2 nitrogen and oxygen atoms in total. The highest BCUT2D eigenvalue weighted by atomic mass is 35.5. The van der Waals surface area contributed by atoms with Gasteiger partial charge in [0.05, 0.1) is 5.02 Å². The summed E-state index contributed by atoms with van der Waals surface area (Å²) >= 11 is 5.41. The average Bonchev–Trinajstić information content (AvgIpc) is 1.77. The smallest absolute Gasteiger partial charge is 0.0588 e. The Kier molecular flexibility index (Phi) is 1.35. The van der Waals surface area contributed by atoms with Crippen LogP contribution in [0.2, 0.25) is 5.02 Å². The number of rotatable bonds is 0. The van der Waals surface area contributed by atoms with E-state index >= 15 is 0 Å². The zero-order valence-electron chi connectivity index (χ0n) is 3.97. The predicted octanol–water partition coefficient (Wildman–Crippen LogP) is 0.809. The summed E-state index contributed by atoms with van der Waals surface area (Å²) in [5.41, 5.74) is 0. The van der Waals surface area contributed by atoms with Crippen molar-refractivity contribution in [2.75, 3.05) is 0 Å². The maximum atomic E-state index is 10.3. The Bertz CT molecular complexity index is 151. The molecule has 0 N–H and O–H groups in total. The summed E-state index contributed by atoms with van der Waals surface area (Å²) in [6.45, 7) is 0. The zero-order valence-corrected chi connectivity index (χ0v) is 4.72. The average molecular weight is 129 g/mol. The van der Waals surface area contributed by atoms with Crippen LogP contribution in [0.15, 0.2) is 18.3 Å². The quantitative estimate of drug-likeness (QED) is 0.518. The predicted molar refractivity (Wildman–Crippen MR) is 28.7 cm³/mol. The van der Waals surface area contributed by atoms with E-state index in [1.54, 1.807) is 0 Å². The van der Waals surface area contributed by atoms with Gasteiger partial charge in [-0.1, -0.05) is 11.6 Å². The van der Waals surface area contributed by atoms with Gasteiger partial charge in [-0.2, -0.15) is 0 Å². The zero-order chi connectivity index (χ0) is 5.98. The molecule has 3 heteroatoms. The number of hydrogen-bond acceptors (Lipinski definition) is 2. The van der Waals surface area contributed by atoms with Crippen LogP contribution in [0.1, 0.15) is 0 Å². The van der Waals surface area contributed by atoms with E-state index in [-0.39, 0.29) is 5.88 Å². The summed E-state index contributed by atoms with van der Waals surface area (Å²) in [5.74, 6) is -0.255. The van der Waals surface area contributed by atoms with Gasteiger partial charge >= 0.3 is 0 Å². The lowest BCUT2D eigenvalue weighted by Crippen LogP contribution is -1.90. The minimum Gasteiger partial charge on any atom is -0.859 e. The van der Waals surface area contributed by atoms with Crippen LogP contribution in [0.5, 0.6) is 5.88 Å². The Hall–Kier alpha value is -0.760. The van der Waals surface area contributed by atoms with Crippen molar-refractivity contribution in [3.05, 3.63) is 23.4 Å². The molecule has 0 unspecified atom stereocenters. The number of hydrogen-bond donors (Lipinski definition) is 0. The van der Waals surface area contributed by atoms with Crippen molar-refractivity contribution in [3.8, 4) is 5.88 Å². The van der Waals surface area contributed by atoms with Crippen LogP contribution in [-0.2, 0) is 0 Å². The lowest BCUT2D eigenvalue weighted by Gasteiger charge is -1.99. The van der Waals surface area contributed by atoms with E-state index in [1.807, 2.05) is 0 Å². The van der Waals surface area contributed by atoms with Gasteiger partial charge in [0, 0.05) is 6.20 Å². The highest BCUT2D eigenvalue weighted by Gasteiger charge is 1.79. The molecular weight excluding hydrogens is 126 g/mol. The van der Waals surface area contributed by atoms with Crippen LogP contribution in [-0.4, -0.2) is 4.98 Å². The molecule has 0 radical (unpaired) electrons. The summed E-state index contributed by atoms with van der Waals surface area (Å²) in [6, 6.07) is 2.83. The Balaban J connectivity index is 3.03. The van der Waals surface area contributed by atoms with E-state index in [0.29, 0.717) is 5.02 Å². The van der Waals surface area contributed by atoms with E-state index in [0.717, 1.165) is 0 Å². The maximum Gasteiger partial charge on any atom is 0.0588 e. The molecule has 0 aliphatic carbocycles. The molecule has 1 rings (SSSR count). The molecule has 0 amide bonds. The molecule has 0 bridgehead atoms. The van der Waals surface area contributed by atoms with Crippen molar-refractivity contribution in [1.82, 2.24) is 4.98 Å². The molecule has 0 spiro atoms. The minimum absolute atomic E-state index is 0.255. The second-order valence-corrected chi connectivity index (χ2v) is 1.75. The van der Waals surface area contributed by atoms with Gasteiger partial charge in [-0.25, -0.2) is 0 Å². The minimum atomic E-state index is -0.255. The van der Waals surface area contributed by atoms with E-state index in [4.69, 9.17) is 11.6 Å². The van der Waals surface area contributed by atoms with Gasteiger partial charge in [-0.05, 0) is 18.0 Å². The molecule has 0 aromatic carbocycles. The standard InChI is InChI=1S/C5H4ClNO/c6-4-1-2-5(8)7-3-4/h1-3H,(H,7,8)/p-1. The molecule has 0 saturated heterocycles. The van der Waals surface area contributed by atoms with Crippen LogP contribution in [0.25, 0.3) is 0 Å².